The van der Waals surface area contributed by atoms with E-state index in [2.05, 4.69) is 43.6 Å². The van der Waals surface area contributed by atoms with Gasteiger partial charge in [-0.15, -0.1) is 11.3 Å². The molecule has 2 nitrogen and oxygen atoms in total. The Morgan fingerprint density at radius 3 is 2.67 bits per heavy atom. The molecule has 0 spiro atoms. The molecular formula is C12H21NOS. The van der Waals surface area contributed by atoms with E-state index in [1.165, 1.54) is 4.88 Å². The van der Waals surface area contributed by atoms with E-state index in [1.54, 1.807) is 11.3 Å². The second-order valence-electron chi connectivity index (χ2n) is 5.02. The van der Waals surface area contributed by atoms with Gasteiger partial charge in [0.2, 0.25) is 0 Å². The number of aliphatic hydroxyl groups is 1. The lowest BCUT2D eigenvalue weighted by molar-refractivity contribution is 0.256. The van der Waals surface area contributed by atoms with Crippen molar-refractivity contribution in [2.75, 3.05) is 13.2 Å². The summed E-state index contributed by atoms with van der Waals surface area (Å²) in [7, 11) is 0. The van der Waals surface area contributed by atoms with E-state index >= 15 is 0 Å². The van der Waals surface area contributed by atoms with Crippen LogP contribution in [0, 0.1) is 5.41 Å². The second kappa shape index (κ2) is 5.64. The van der Waals surface area contributed by atoms with Crippen LogP contribution in [0.25, 0.3) is 0 Å². The van der Waals surface area contributed by atoms with Crippen molar-refractivity contribution >= 4 is 11.3 Å². The third-order valence-corrected chi connectivity index (χ3v) is 3.17. The zero-order chi connectivity index (χ0) is 11.3. The molecule has 1 atom stereocenters. The summed E-state index contributed by atoms with van der Waals surface area (Å²) >= 11 is 1.75. The highest BCUT2D eigenvalue weighted by Gasteiger charge is 2.16. The standard InChI is InChI=1S/C12H21NOS/c1-12(2,3)9-13-10(6-7-14)11-5-4-8-15-11/h4-5,8,10,13-14H,6-7,9H2,1-3H3. The fourth-order valence-electron chi connectivity index (χ4n) is 1.39. The highest BCUT2D eigenvalue weighted by atomic mass is 32.1. The molecule has 86 valence electrons. The summed E-state index contributed by atoms with van der Waals surface area (Å²) in [6.07, 6.45) is 0.788. The Morgan fingerprint density at radius 2 is 2.20 bits per heavy atom. The predicted molar refractivity (Wildman–Crippen MR) is 66.2 cm³/mol. The van der Waals surface area contributed by atoms with Crippen LogP contribution in [0.15, 0.2) is 17.5 Å². The fourth-order valence-corrected chi connectivity index (χ4v) is 2.23. The van der Waals surface area contributed by atoms with Crippen molar-refractivity contribution in [2.24, 2.45) is 5.41 Å². The van der Waals surface area contributed by atoms with E-state index in [4.69, 9.17) is 5.11 Å². The number of aliphatic hydroxyl groups excluding tert-OH is 1. The van der Waals surface area contributed by atoms with E-state index in [0.717, 1.165) is 13.0 Å². The van der Waals surface area contributed by atoms with Crippen LogP contribution in [-0.2, 0) is 0 Å². The average Bonchev–Trinajstić information content (AvgIpc) is 2.63. The molecule has 0 aliphatic heterocycles. The summed E-state index contributed by atoms with van der Waals surface area (Å²) in [5.41, 5.74) is 0.283. The predicted octanol–water partition coefficient (Wildman–Crippen LogP) is 2.81. The summed E-state index contributed by atoms with van der Waals surface area (Å²) in [5, 5.41) is 14.6. The smallest absolute Gasteiger partial charge is 0.0449 e. The fraction of sp³-hybridized carbons (Fsp3) is 0.667. The number of thiophene rings is 1. The van der Waals surface area contributed by atoms with Crippen LogP contribution >= 0.6 is 11.3 Å². The van der Waals surface area contributed by atoms with Crippen molar-refractivity contribution in [1.29, 1.82) is 0 Å². The summed E-state index contributed by atoms with van der Waals surface area (Å²) < 4.78 is 0. The number of hydrogen-bond acceptors (Lipinski definition) is 3. The summed E-state index contributed by atoms with van der Waals surface area (Å²) in [6.45, 7) is 7.84. The van der Waals surface area contributed by atoms with Gasteiger partial charge in [-0.05, 0) is 23.3 Å². The molecule has 0 saturated carbocycles. The van der Waals surface area contributed by atoms with Crippen molar-refractivity contribution in [2.45, 2.75) is 33.2 Å². The van der Waals surface area contributed by atoms with Gasteiger partial charge >= 0.3 is 0 Å². The first-order valence-electron chi connectivity index (χ1n) is 5.40. The summed E-state index contributed by atoms with van der Waals surface area (Å²) in [6, 6.07) is 4.48. The third kappa shape index (κ3) is 4.78. The Morgan fingerprint density at radius 1 is 1.47 bits per heavy atom. The molecule has 0 fully saturated rings. The summed E-state index contributed by atoms with van der Waals surface area (Å²) in [4.78, 5) is 1.31. The zero-order valence-electron chi connectivity index (χ0n) is 9.79. The lowest BCUT2D eigenvalue weighted by Crippen LogP contribution is -2.30. The maximum atomic E-state index is 9.03. The van der Waals surface area contributed by atoms with Crippen LogP contribution in [0.1, 0.15) is 38.1 Å². The van der Waals surface area contributed by atoms with Crippen LogP contribution in [0.3, 0.4) is 0 Å². The number of rotatable bonds is 5. The van der Waals surface area contributed by atoms with Gasteiger partial charge in [0.05, 0.1) is 0 Å². The molecule has 0 aliphatic carbocycles. The number of nitrogens with one attached hydrogen (secondary N) is 1. The molecule has 0 saturated heterocycles. The molecule has 1 aromatic heterocycles. The molecule has 0 aliphatic rings. The Kier molecular flexibility index (Phi) is 4.77. The van der Waals surface area contributed by atoms with Gasteiger partial charge in [0.1, 0.15) is 0 Å². The van der Waals surface area contributed by atoms with Crippen LogP contribution in [0.2, 0.25) is 0 Å². The molecule has 0 radical (unpaired) electrons. The quantitative estimate of drug-likeness (QED) is 0.810. The summed E-state index contributed by atoms with van der Waals surface area (Å²) in [5.74, 6) is 0. The Hall–Kier alpha value is -0.380. The van der Waals surface area contributed by atoms with E-state index in [-0.39, 0.29) is 12.0 Å². The normalized spacial score (nSPS) is 14.1. The monoisotopic (exact) mass is 227 g/mol. The first-order chi connectivity index (χ1) is 7.03. The van der Waals surface area contributed by atoms with Gasteiger partial charge in [0.25, 0.3) is 0 Å². The molecule has 2 N–H and O–H groups in total. The van der Waals surface area contributed by atoms with Crippen LogP contribution in [0.5, 0.6) is 0 Å². The minimum absolute atomic E-state index is 0.236. The first kappa shape index (κ1) is 12.7. The highest BCUT2D eigenvalue weighted by molar-refractivity contribution is 7.10. The van der Waals surface area contributed by atoms with E-state index in [9.17, 15) is 0 Å². The van der Waals surface area contributed by atoms with Gasteiger partial charge in [0.15, 0.2) is 0 Å². The lowest BCUT2D eigenvalue weighted by Gasteiger charge is -2.24. The van der Waals surface area contributed by atoms with Gasteiger partial charge < -0.3 is 10.4 Å². The van der Waals surface area contributed by atoms with Crippen molar-refractivity contribution in [3.8, 4) is 0 Å². The minimum Gasteiger partial charge on any atom is -0.396 e. The molecule has 0 aromatic carbocycles. The van der Waals surface area contributed by atoms with Gasteiger partial charge in [-0.3, -0.25) is 0 Å². The molecule has 3 heteroatoms. The third-order valence-electron chi connectivity index (χ3n) is 2.18. The van der Waals surface area contributed by atoms with Gasteiger partial charge in [0, 0.05) is 24.1 Å². The maximum absolute atomic E-state index is 9.03. The largest absolute Gasteiger partial charge is 0.396 e. The van der Waals surface area contributed by atoms with Crippen molar-refractivity contribution < 1.29 is 5.11 Å². The van der Waals surface area contributed by atoms with Crippen LogP contribution < -0.4 is 5.32 Å². The van der Waals surface area contributed by atoms with Crippen molar-refractivity contribution in [3.63, 3.8) is 0 Å². The topological polar surface area (TPSA) is 32.3 Å². The van der Waals surface area contributed by atoms with Crippen LogP contribution in [0.4, 0.5) is 0 Å². The molecule has 1 heterocycles. The SMILES string of the molecule is CC(C)(C)CNC(CCO)c1cccs1. The Balaban J connectivity index is 2.52. The molecule has 0 amide bonds. The maximum Gasteiger partial charge on any atom is 0.0449 e. The van der Waals surface area contributed by atoms with Gasteiger partial charge in [-0.1, -0.05) is 26.8 Å². The van der Waals surface area contributed by atoms with E-state index in [1.807, 2.05) is 0 Å². The minimum atomic E-state index is 0.236. The van der Waals surface area contributed by atoms with Gasteiger partial charge in [-0.25, -0.2) is 0 Å². The molecule has 15 heavy (non-hydrogen) atoms. The first-order valence-corrected chi connectivity index (χ1v) is 6.28. The molecular weight excluding hydrogens is 206 g/mol. The molecule has 1 unspecified atom stereocenters. The Labute approximate surface area is 96.3 Å². The van der Waals surface area contributed by atoms with E-state index < -0.39 is 0 Å². The van der Waals surface area contributed by atoms with E-state index in [0.29, 0.717) is 6.04 Å². The molecule has 1 rings (SSSR count). The van der Waals surface area contributed by atoms with Crippen molar-refractivity contribution in [3.05, 3.63) is 22.4 Å². The van der Waals surface area contributed by atoms with Gasteiger partial charge in [-0.2, -0.15) is 0 Å². The second-order valence-corrected chi connectivity index (χ2v) is 6.00. The number of hydrogen-bond donors (Lipinski definition) is 2. The zero-order valence-corrected chi connectivity index (χ0v) is 10.6. The van der Waals surface area contributed by atoms with Crippen LogP contribution in [-0.4, -0.2) is 18.3 Å². The van der Waals surface area contributed by atoms with Crippen molar-refractivity contribution in [1.82, 2.24) is 5.32 Å². The lowest BCUT2D eigenvalue weighted by atomic mass is 9.96. The Bertz CT molecular complexity index is 264. The molecule has 0 bridgehead atoms. The molecule has 1 aromatic rings. The average molecular weight is 227 g/mol. The highest BCUT2D eigenvalue weighted by Crippen LogP contribution is 2.23.